The second-order valence-corrected chi connectivity index (χ2v) is 4.72. The molecule has 0 aromatic carbocycles. The topological polar surface area (TPSA) is 119 Å². The Balaban J connectivity index is 2.05. The lowest BCUT2D eigenvalue weighted by atomic mass is 9.99. The van der Waals surface area contributed by atoms with Crippen molar-refractivity contribution in [2.75, 3.05) is 12.3 Å². The fraction of sp³-hybridized carbons (Fsp3) is 0.417. The van der Waals surface area contributed by atoms with Crippen LogP contribution in [0.3, 0.4) is 0 Å². The monoisotopic (exact) mass is 293 g/mol. The second-order valence-electron chi connectivity index (χ2n) is 4.72. The minimum Gasteiger partial charge on any atom is -0.392 e. The van der Waals surface area contributed by atoms with E-state index >= 15 is 0 Å². The Morgan fingerprint density at radius 3 is 3.00 bits per heavy atom. The summed E-state index contributed by atoms with van der Waals surface area (Å²) in [4.78, 5) is 11.0. The van der Waals surface area contributed by atoms with Crippen molar-refractivity contribution in [3.8, 4) is 12.3 Å². The Kier molecular flexibility index (Phi) is 3.02. The van der Waals surface area contributed by atoms with Crippen LogP contribution >= 0.6 is 0 Å². The molecule has 0 bridgehead atoms. The van der Waals surface area contributed by atoms with Gasteiger partial charge in [0.25, 0.3) is 0 Å². The first-order valence-electron chi connectivity index (χ1n) is 6.11. The van der Waals surface area contributed by atoms with Crippen LogP contribution in [0.2, 0.25) is 0 Å². The number of aliphatic hydroxyl groups is 2. The van der Waals surface area contributed by atoms with E-state index in [1.807, 2.05) is 0 Å². The molecule has 3 atom stereocenters. The summed E-state index contributed by atoms with van der Waals surface area (Å²) in [5, 5.41) is 19.3. The minimum atomic E-state index is -1.50. The molecule has 0 radical (unpaired) electrons. The third kappa shape index (κ3) is 1.92. The van der Waals surface area contributed by atoms with E-state index in [0.29, 0.717) is 0 Å². The zero-order valence-electron chi connectivity index (χ0n) is 10.8. The number of nitrogens with two attached hydrogens (primary N) is 1. The minimum absolute atomic E-state index is 0.0971. The van der Waals surface area contributed by atoms with Gasteiger partial charge in [0.15, 0.2) is 22.6 Å². The van der Waals surface area contributed by atoms with Crippen LogP contribution in [0.5, 0.6) is 0 Å². The van der Waals surface area contributed by atoms with Gasteiger partial charge in [-0.1, -0.05) is 5.92 Å². The normalized spacial score (nSPS) is 28.9. The second kappa shape index (κ2) is 4.63. The lowest BCUT2D eigenvalue weighted by Crippen LogP contribution is -2.41. The van der Waals surface area contributed by atoms with Gasteiger partial charge < -0.3 is 20.7 Å². The smallest absolute Gasteiger partial charge is 0.312 e. The fourth-order valence-corrected chi connectivity index (χ4v) is 2.36. The molecule has 1 saturated heterocycles. The molecular weight excluding hydrogens is 281 g/mol. The van der Waals surface area contributed by atoms with E-state index in [9.17, 15) is 14.6 Å². The number of aromatic nitrogens is 4. The number of hydrogen-bond acceptors (Lipinski definition) is 7. The SMILES string of the molecule is C#C[C@]1(CO)OC(n2cnc3c(N)nc(F)nc32)CC1O. The van der Waals surface area contributed by atoms with Gasteiger partial charge in [-0.2, -0.15) is 14.4 Å². The van der Waals surface area contributed by atoms with Crippen molar-refractivity contribution in [2.45, 2.75) is 24.4 Å². The number of halogens is 1. The largest absolute Gasteiger partial charge is 0.392 e. The number of nitrogen functional groups attached to an aromatic ring is 1. The Morgan fingerprint density at radius 2 is 2.38 bits per heavy atom. The summed E-state index contributed by atoms with van der Waals surface area (Å²) in [6.07, 6.45) is 3.95. The third-order valence-corrected chi connectivity index (χ3v) is 3.52. The Morgan fingerprint density at radius 1 is 1.62 bits per heavy atom. The van der Waals surface area contributed by atoms with Gasteiger partial charge in [-0.3, -0.25) is 4.57 Å². The number of ether oxygens (including phenoxy) is 1. The van der Waals surface area contributed by atoms with Gasteiger partial charge in [0.2, 0.25) is 0 Å². The maximum Gasteiger partial charge on any atom is 0.312 e. The Labute approximate surface area is 118 Å². The highest BCUT2D eigenvalue weighted by Crippen LogP contribution is 2.37. The van der Waals surface area contributed by atoms with Crippen molar-refractivity contribution < 1.29 is 19.3 Å². The molecule has 0 spiro atoms. The van der Waals surface area contributed by atoms with Crippen LogP contribution < -0.4 is 5.73 Å². The number of rotatable bonds is 2. The number of anilines is 1. The standard InChI is InChI=1S/C12H12FN5O3/c1-2-12(4-19)6(20)3-7(21-12)18-5-15-8-9(14)16-11(13)17-10(8)18/h1,5-7,19-20H,3-4H2,(H2,14,16,17)/t6?,7?,12-/m1/s1. The summed E-state index contributed by atoms with van der Waals surface area (Å²) in [5.74, 6) is 2.16. The van der Waals surface area contributed by atoms with Gasteiger partial charge in [-0.05, 0) is 0 Å². The average molecular weight is 293 g/mol. The van der Waals surface area contributed by atoms with Crippen molar-refractivity contribution >= 4 is 17.0 Å². The maximum atomic E-state index is 13.3. The van der Waals surface area contributed by atoms with Crippen LogP contribution in [0.25, 0.3) is 11.2 Å². The first kappa shape index (κ1) is 13.7. The Hall–Kier alpha value is -2.28. The molecule has 8 nitrogen and oxygen atoms in total. The average Bonchev–Trinajstić information content (AvgIpc) is 3.00. The van der Waals surface area contributed by atoms with Crippen LogP contribution in [0.15, 0.2) is 6.33 Å². The molecule has 1 fully saturated rings. The van der Waals surface area contributed by atoms with E-state index in [1.54, 1.807) is 0 Å². The van der Waals surface area contributed by atoms with Crippen LogP contribution in [0, 0.1) is 18.4 Å². The van der Waals surface area contributed by atoms with Crippen LogP contribution in [-0.2, 0) is 4.74 Å². The van der Waals surface area contributed by atoms with Crippen LogP contribution in [-0.4, -0.2) is 48.0 Å². The van der Waals surface area contributed by atoms with Crippen LogP contribution in [0.4, 0.5) is 10.2 Å². The van der Waals surface area contributed by atoms with E-state index in [2.05, 4.69) is 20.9 Å². The van der Waals surface area contributed by atoms with E-state index in [4.69, 9.17) is 16.9 Å². The molecule has 9 heteroatoms. The molecule has 2 unspecified atom stereocenters. The van der Waals surface area contributed by atoms with Crippen molar-refractivity contribution in [3.05, 3.63) is 12.4 Å². The van der Waals surface area contributed by atoms with Gasteiger partial charge >= 0.3 is 6.08 Å². The van der Waals surface area contributed by atoms with Crippen molar-refractivity contribution in [3.63, 3.8) is 0 Å². The van der Waals surface area contributed by atoms with Crippen molar-refractivity contribution in [1.82, 2.24) is 19.5 Å². The highest BCUT2D eigenvalue weighted by atomic mass is 19.1. The number of terminal acetylenes is 1. The molecule has 0 amide bonds. The van der Waals surface area contributed by atoms with E-state index < -0.39 is 30.6 Å². The first-order valence-corrected chi connectivity index (χ1v) is 6.11. The van der Waals surface area contributed by atoms with Gasteiger partial charge in [-0.15, -0.1) is 6.42 Å². The molecule has 1 aliphatic rings. The first-order chi connectivity index (χ1) is 10.0. The molecule has 3 rings (SSSR count). The predicted molar refractivity (Wildman–Crippen MR) is 69.1 cm³/mol. The molecule has 2 aromatic rings. The summed E-state index contributed by atoms with van der Waals surface area (Å²) in [7, 11) is 0. The van der Waals surface area contributed by atoms with Crippen molar-refractivity contribution in [2.24, 2.45) is 0 Å². The molecule has 4 N–H and O–H groups in total. The van der Waals surface area contributed by atoms with Crippen LogP contribution in [0.1, 0.15) is 12.6 Å². The number of fused-ring (bicyclic) bond motifs is 1. The summed E-state index contributed by atoms with van der Waals surface area (Å²) in [6.45, 7) is -0.542. The molecule has 21 heavy (non-hydrogen) atoms. The summed E-state index contributed by atoms with van der Waals surface area (Å²) in [5.41, 5.74) is 4.42. The van der Waals surface area contributed by atoms with Crippen molar-refractivity contribution in [1.29, 1.82) is 0 Å². The highest BCUT2D eigenvalue weighted by molar-refractivity contribution is 5.81. The number of hydrogen-bond donors (Lipinski definition) is 3. The van der Waals surface area contributed by atoms with E-state index in [-0.39, 0.29) is 23.4 Å². The zero-order chi connectivity index (χ0) is 15.2. The van der Waals surface area contributed by atoms with E-state index in [1.165, 1.54) is 10.9 Å². The molecule has 0 saturated carbocycles. The summed E-state index contributed by atoms with van der Waals surface area (Å²) < 4.78 is 20.2. The quantitative estimate of drug-likeness (QED) is 0.489. The number of nitrogens with zero attached hydrogens (tertiary/aromatic N) is 4. The van der Waals surface area contributed by atoms with Gasteiger partial charge in [0.05, 0.1) is 12.9 Å². The number of aliphatic hydroxyl groups excluding tert-OH is 2. The molecule has 0 aliphatic carbocycles. The molecule has 2 aromatic heterocycles. The highest BCUT2D eigenvalue weighted by Gasteiger charge is 2.47. The lowest BCUT2D eigenvalue weighted by Gasteiger charge is -2.23. The number of imidazole rings is 1. The van der Waals surface area contributed by atoms with Gasteiger partial charge in [0, 0.05) is 6.42 Å². The Bertz CT molecular complexity index is 742. The molecule has 1 aliphatic heterocycles. The molecule has 110 valence electrons. The third-order valence-electron chi connectivity index (χ3n) is 3.52. The van der Waals surface area contributed by atoms with Gasteiger partial charge in [0.1, 0.15) is 12.3 Å². The fourth-order valence-electron chi connectivity index (χ4n) is 2.36. The summed E-state index contributed by atoms with van der Waals surface area (Å²) in [6, 6.07) is 0. The zero-order valence-corrected chi connectivity index (χ0v) is 10.8. The molecular formula is C12H12FN5O3. The molecule has 3 heterocycles. The summed E-state index contributed by atoms with van der Waals surface area (Å²) >= 11 is 0. The van der Waals surface area contributed by atoms with Gasteiger partial charge in [-0.25, -0.2) is 4.98 Å². The predicted octanol–water partition coefficient (Wildman–Crippen LogP) is -0.808. The maximum absolute atomic E-state index is 13.3. The lowest BCUT2D eigenvalue weighted by molar-refractivity contribution is -0.0891. The van der Waals surface area contributed by atoms with E-state index in [0.717, 1.165) is 0 Å².